The summed E-state index contributed by atoms with van der Waals surface area (Å²) in [6.07, 6.45) is 4.01. The molecule has 0 radical (unpaired) electrons. The second-order valence-electron chi connectivity index (χ2n) is 7.06. The Kier molecular flexibility index (Phi) is 4.10. The van der Waals surface area contributed by atoms with Crippen molar-refractivity contribution < 1.29 is 8.42 Å². The van der Waals surface area contributed by atoms with Crippen molar-refractivity contribution in [3.63, 3.8) is 0 Å². The molecule has 5 heteroatoms. The van der Waals surface area contributed by atoms with Gasteiger partial charge in [0.2, 0.25) is 10.0 Å². The molecular formula is C20H20N2O2S. The van der Waals surface area contributed by atoms with Gasteiger partial charge >= 0.3 is 0 Å². The molecule has 25 heavy (non-hydrogen) atoms. The molecule has 0 aliphatic heterocycles. The van der Waals surface area contributed by atoms with E-state index in [9.17, 15) is 8.42 Å². The number of nitrogens with one attached hydrogen (secondary N) is 1. The fourth-order valence-electron chi connectivity index (χ4n) is 4.30. The maximum absolute atomic E-state index is 12.8. The smallest absolute Gasteiger partial charge is 0.207 e. The van der Waals surface area contributed by atoms with Crippen LogP contribution < -0.4 is 4.72 Å². The van der Waals surface area contributed by atoms with Gasteiger partial charge in [-0.3, -0.25) is 0 Å². The minimum atomic E-state index is -3.57. The molecule has 4 rings (SSSR count). The van der Waals surface area contributed by atoms with Gasteiger partial charge in [-0.2, -0.15) is 5.26 Å². The monoisotopic (exact) mass is 352 g/mol. The quantitative estimate of drug-likeness (QED) is 0.923. The highest BCUT2D eigenvalue weighted by Gasteiger charge is 2.41. The van der Waals surface area contributed by atoms with E-state index in [-0.39, 0.29) is 10.9 Å². The number of nitriles is 1. The molecule has 0 amide bonds. The van der Waals surface area contributed by atoms with E-state index in [2.05, 4.69) is 29.0 Å². The van der Waals surface area contributed by atoms with Crippen molar-refractivity contribution in [1.29, 1.82) is 5.26 Å². The van der Waals surface area contributed by atoms with Crippen LogP contribution >= 0.6 is 0 Å². The molecule has 2 aromatic rings. The second kappa shape index (κ2) is 6.29. The molecule has 1 fully saturated rings. The van der Waals surface area contributed by atoms with E-state index in [0.717, 1.165) is 25.7 Å². The van der Waals surface area contributed by atoms with E-state index in [4.69, 9.17) is 5.26 Å². The van der Waals surface area contributed by atoms with Crippen molar-refractivity contribution in [2.24, 2.45) is 11.8 Å². The highest BCUT2D eigenvalue weighted by Crippen LogP contribution is 2.40. The lowest BCUT2D eigenvalue weighted by molar-refractivity contribution is 0.386. The first-order valence-corrected chi connectivity index (χ1v) is 10.1. The number of hydrogen-bond donors (Lipinski definition) is 1. The molecular weight excluding hydrogens is 332 g/mol. The molecule has 0 heterocycles. The van der Waals surface area contributed by atoms with Crippen LogP contribution in [0.25, 0.3) is 0 Å². The van der Waals surface area contributed by atoms with Gasteiger partial charge in [0.25, 0.3) is 0 Å². The average molecular weight is 352 g/mol. The number of sulfonamides is 1. The lowest BCUT2D eigenvalue weighted by Gasteiger charge is -2.23. The van der Waals surface area contributed by atoms with E-state index in [1.54, 1.807) is 12.1 Å². The van der Waals surface area contributed by atoms with Crippen LogP contribution in [0.3, 0.4) is 0 Å². The van der Waals surface area contributed by atoms with Gasteiger partial charge in [-0.15, -0.1) is 0 Å². The van der Waals surface area contributed by atoms with Gasteiger partial charge in [-0.1, -0.05) is 24.3 Å². The Morgan fingerprint density at radius 1 is 0.920 bits per heavy atom. The standard InChI is InChI=1S/C20H20N2O2S/c21-13-14-5-9-19(10-6-14)25(23,24)22-20-17-7-8-18(20)12-16-4-2-1-3-15(16)11-17/h1-6,9-10,17-18,20,22H,7-8,11-12H2. The van der Waals surface area contributed by atoms with Crippen molar-refractivity contribution in [2.45, 2.75) is 36.6 Å². The predicted octanol–water partition coefficient (Wildman–Crippen LogP) is 3.03. The maximum atomic E-state index is 12.8. The van der Waals surface area contributed by atoms with Crippen LogP contribution in [0.4, 0.5) is 0 Å². The summed E-state index contributed by atoms with van der Waals surface area (Å²) in [6.45, 7) is 0. The van der Waals surface area contributed by atoms with Crippen LogP contribution in [0.15, 0.2) is 53.4 Å². The van der Waals surface area contributed by atoms with E-state index in [1.807, 2.05) is 6.07 Å². The fraction of sp³-hybridized carbons (Fsp3) is 0.350. The Morgan fingerprint density at radius 2 is 1.48 bits per heavy atom. The SMILES string of the molecule is N#Cc1ccc(S(=O)(=O)NC2C3CCC2Cc2ccccc2C3)cc1. The number of fused-ring (bicyclic) bond motifs is 3. The van der Waals surface area contributed by atoms with Crippen molar-refractivity contribution in [2.75, 3.05) is 0 Å². The summed E-state index contributed by atoms with van der Waals surface area (Å²) in [5.74, 6) is 0.698. The third-order valence-corrected chi connectivity index (χ3v) is 7.07. The molecule has 1 saturated carbocycles. The van der Waals surface area contributed by atoms with Crippen molar-refractivity contribution in [3.8, 4) is 6.07 Å². The molecule has 2 atom stereocenters. The zero-order chi connectivity index (χ0) is 17.4. The first-order chi connectivity index (χ1) is 12.1. The minimum Gasteiger partial charge on any atom is -0.207 e. The lowest BCUT2D eigenvalue weighted by Crippen LogP contribution is -2.41. The fourth-order valence-corrected chi connectivity index (χ4v) is 5.67. The second-order valence-corrected chi connectivity index (χ2v) is 8.77. The lowest BCUT2D eigenvalue weighted by atomic mass is 9.94. The van der Waals surface area contributed by atoms with Crippen molar-refractivity contribution in [3.05, 3.63) is 65.2 Å². The van der Waals surface area contributed by atoms with E-state index in [1.165, 1.54) is 23.3 Å². The largest absolute Gasteiger partial charge is 0.240 e. The van der Waals surface area contributed by atoms with Gasteiger partial charge in [0.05, 0.1) is 16.5 Å². The van der Waals surface area contributed by atoms with Crippen LogP contribution in [0.1, 0.15) is 29.5 Å². The van der Waals surface area contributed by atoms with Gasteiger partial charge < -0.3 is 0 Å². The third kappa shape index (κ3) is 3.08. The Morgan fingerprint density at radius 3 is 2.00 bits per heavy atom. The van der Waals surface area contributed by atoms with Crippen LogP contribution in [-0.4, -0.2) is 14.5 Å². The zero-order valence-electron chi connectivity index (χ0n) is 13.9. The molecule has 0 spiro atoms. The van der Waals surface area contributed by atoms with Crippen LogP contribution in [0.5, 0.6) is 0 Å². The van der Waals surface area contributed by atoms with Gasteiger partial charge in [0.15, 0.2) is 0 Å². The summed E-state index contributed by atoms with van der Waals surface area (Å²) in [6, 6.07) is 16.6. The molecule has 128 valence electrons. The third-order valence-electron chi connectivity index (χ3n) is 5.59. The van der Waals surface area contributed by atoms with Gasteiger partial charge in [-0.25, -0.2) is 13.1 Å². The molecule has 2 bridgehead atoms. The molecule has 0 aromatic heterocycles. The van der Waals surface area contributed by atoms with Crippen molar-refractivity contribution >= 4 is 10.0 Å². The van der Waals surface area contributed by atoms with Crippen molar-refractivity contribution in [1.82, 2.24) is 4.72 Å². The topological polar surface area (TPSA) is 70.0 Å². The van der Waals surface area contributed by atoms with E-state index < -0.39 is 10.0 Å². The normalized spacial score (nSPS) is 25.0. The Labute approximate surface area is 148 Å². The Hall–Kier alpha value is -2.16. The Bertz CT molecular complexity index is 896. The summed E-state index contributed by atoms with van der Waals surface area (Å²) in [4.78, 5) is 0.229. The Balaban J connectivity index is 1.59. The number of benzene rings is 2. The maximum Gasteiger partial charge on any atom is 0.240 e. The van der Waals surface area contributed by atoms with Gasteiger partial charge in [0, 0.05) is 6.04 Å². The molecule has 2 aliphatic rings. The summed E-state index contributed by atoms with van der Waals surface area (Å²) in [5.41, 5.74) is 3.18. The summed E-state index contributed by atoms with van der Waals surface area (Å²) in [5, 5.41) is 8.87. The molecule has 1 N–H and O–H groups in total. The minimum absolute atomic E-state index is 0.0203. The molecule has 2 unspecified atom stereocenters. The molecule has 2 aromatic carbocycles. The first-order valence-electron chi connectivity index (χ1n) is 8.66. The highest BCUT2D eigenvalue weighted by molar-refractivity contribution is 7.89. The first kappa shape index (κ1) is 16.3. The average Bonchev–Trinajstić information content (AvgIpc) is 2.88. The van der Waals surface area contributed by atoms with Crippen LogP contribution in [0.2, 0.25) is 0 Å². The van der Waals surface area contributed by atoms with E-state index >= 15 is 0 Å². The molecule has 2 aliphatic carbocycles. The number of nitrogens with zero attached hydrogens (tertiary/aromatic N) is 1. The number of rotatable bonds is 3. The van der Waals surface area contributed by atoms with Crippen LogP contribution in [0, 0.1) is 23.2 Å². The predicted molar refractivity (Wildman–Crippen MR) is 95.3 cm³/mol. The summed E-state index contributed by atoms with van der Waals surface area (Å²) in [7, 11) is -3.57. The highest BCUT2D eigenvalue weighted by atomic mass is 32.2. The van der Waals surface area contributed by atoms with Gasteiger partial charge in [0.1, 0.15) is 0 Å². The summed E-state index contributed by atoms with van der Waals surface area (Å²) < 4.78 is 28.6. The molecule has 0 saturated heterocycles. The van der Waals surface area contributed by atoms with Crippen LogP contribution in [-0.2, 0) is 22.9 Å². The van der Waals surface area contributed by atoms with Gasteiger partial charge in [-0.05, 0) is 72.9 Å². The zero-order valence-corrected chi connectivity index (χ0v) is 14.7. The molecule has 4 nitrogen and oxygen atoms in total. The summed E-state index contributed by atoms with van der Waals surface area (Å²) >= 11 is 0. The number of hydrogen-bond acceptors (Lipinski definition) is 3. The van der Waals surface area contributed by atoms with E-state index in [0.29, 0.717) is 17.4 Å².